The van der Waals surface area contributed by atoms with Crippen LogP contribution in [0.5, 0.6) is 5.75 Å². The molecule has 1 N–H and O–H groups in total. The summed E-state index contributed by atoms with van der Waals surface area (Å²) in [5.74, 6) is 1.42. The first-order chi connectivity index (χ1) is 17.7. The molecule has 3 aliphatic rings. The van der Waals surface area contributed by atoms with Crippen LogP contribution in [0.2, 0.25) is 0 Å². The minimum atomic E-state index is 0.0870. The number of fused-ring (bicyclic) bond motifs is 1. The van der Waals surface area contributed by atoms with Gasteiger partial charge in [0.25, 0.3) is 5.91 Å². The molecule has 1 amide bonds. The first-order valence-corrected chi connectivity index (χ1v) is 13.4. The summed E-state index contributed by atoms with van der Waals surface area (Å²) in [4.78, 5) is 17.1. The Morgan fingerprint density at radius 2 is 1.94 bits per heavy atom. The molecule has 36 heavy (non-hydrogen) atoms. The van der Waals surface area contributed by atoms with Gasteiger partial charge in [0.05, 0.1) is 24.9 Å². The summed E-state index contributed by atoms with van der Waals surface area (Å²) in [5.41, 5.74) is 4.35. The summed E-state index contributed by atoms with van der Waals surface area (Å²) in [6.07, 6.45) is 4.33. The fraction of sp³-hybridized carbons (Fsp3) is 0.552. The summed E-state index contributed by atoms with van der Waals surface area (Å²) < 4.78 is 17.6. The number of rotatable bonds is 9. The minimum Gasteiger partial charge on any atom is -0.490 e. The van der Waals surface area contributed by atoms with E-state index >= 15 is 0 Å². The van der Waals surface area contributed by atoms with Crippen LogP contribution < -0.4 is 15.0 Å². The van der Waals surface area contributed by atoms with Crippen LogP contribution in [0.1, 0.15) is 53.1 Å². The van der Waals surface area contributed by atoms with Crippen molar-refractivity contribution in [2.45, 2.75) is 44.3 Å². The van der Waals surface area contributed by atoms with Crippen LogP contribution in [0.25, 0.3) is 0 Å². The summed E-state index contributed by atoms with van der Waals surface area (Å²) in [5, 5.41) is 3.50. The number of ether oxygens (including phenoxy) is 3. The van der Waals surface area contributed by atoms with E-state index in [-0.39, 0.29) is 12.0 Å². The largest absolute Gasteiger partial charge is 0.490 e. The lowest BCUT2D eigenvalue weighted by molar-refractivity contribution is 0.0106. The second-order valence-electron chi connectivity index (χ2n) is 10.1. The molecule has 0 aliphatic carbocycles. The average Bonchev–Trinajstić information content (AvgIpc) is 3.47. The Balaban J connectivity index is 1.23. The molecule has 2 aromatic rings. The quantitative estimate of drug-likeness (QED) is 0.536. The van der Waals surface area contributed by atoms with Gasteiger partial charge in [-0.15, -0.1) is 0 Å². The number of likely N-dealkylation sites (tertiary alicyclic amines) is 1. The van der Waals surface area contributed by atoms with Crippen LogP contribution in [0, 0.1) is 0 Å². The molecule has 0 bridgehead atoms. The highest BCUT2D eigenvalue weighted by molar-refractivity contribution is 5.94. The van der Waals surface area contributed by atoms with Crippen molar-refractivity contribution in [1.29, 1.82) is 0 Å². The molecule has 2 atom stereocenters. The highest BCUT2D eigenvalue weighted by atomic mass is 16.5. The third-order valence-corrected chi connectivity index (χ3v) is 7.63. The van der Waals surface area contributed by atoms with Gasteiger partial charge in [0.15, 0.2) is 0 Å². The Labute approximate surface area is 214 Å². The van der Waals surface area contributed by atoms with E-state index in [4.69, 9.17) is 14.2 Å². The molecule has 5 rings (SSSR count). The van der Waals surface area contributed by atoms with Crippen molar-refractivity contribution in [3.8, 4) is 5.75 Å². The molecule has 2 fully saturated rings. The molecular weight excluding hydrogens is 454 g/mol. The van der Waals surface area contributed by atoms with E-state index in [9.17, 15) is 4.79 Å². The van der Waals surface area contributed by atoms with Gasteiger partial charge >= 0.3 is 0 Å². The Hall–Kier alpha value is -2.61. The van der Waals surface area contributed by atoms with E-state index in [0.29, 0.717) is 19.1 Å². The van der Waals surface area contributed by atoms with Gasteiger partial charge in [-0.3, -0.25) is 4.79 Å². The Morgan fingerprint density at radius 3 is 2.75 bits per heavy atom. The number of piperidine rings is 1. The van der Waals surface area contributed by atoms with Gasteiger partial charge in [-0.05, 0) is 67.6 Å². The van der Waals surface area contributed by atoms with Crippen molar-refractivity contribution in [2.75, 3.05) is 64.5 Å². The molecule has 3 aliphatic heterocycles. The van der Waals surface area contributed by atoms with Crippen LogP contribution in [0.15, 0.2) is 42.5 Å². The van der Waals surface area contributed by atoms with Gasteiger partial charge < -0.3 is 29.3 Å². The zero-order valence-corrected chi connectivity index (χ0v) is 21.4. The van der Waals surface area contributed by atoms with Crippen LogP contribution in [-0.2, 0) is 16.1 Å². The monoisotopic (exact) mass is 493 g/mol. The van der Waals surface area contributed by atoms with Crippen molar-refractivity contribution < 1.29 is 19.0 Å². The topological polar surface area (TPSA) is 63.3 Å². The van der Waals surface area contributed by atoms with Crippen LogP contribution >= 0.6 is 0 Å². The molecular formula is C29H39N3O4. The lowest BCUT2D eigenvalue weighted by Gasteiger charge is -2.33. The predicted molar refractivity (Wildman–Crippen MR) is 141 cm³/mol. The van der Waals surface area contributed by atoms with E-state index in [1.165, 1.54) is 5.56 Å². The number of benzene rings is 2. The molecule has 0 aromatic heterocycles. The number of carbonyl (C=O) groups excluding carboxylic acids is 1. The first-order valence-electron chi connectivity index (χ1n) is 13.4. The summed E-state index contributed by atoms with van der Waals surface area (Å²) in [6, 6.07) is 14.6. The molecule has 7 nitrogen and oxygen atoms in total. The molecule has 3 heterocycles. The molecule has 2 aromatic carbocycles. The maximum absolute atomic E-state index is 12.7. The van der Waals surface area contributed by atoms with Crippen molar-refractivity contribution in [3.05, 3.63) is 59.2 Å². The Kier molecular flexibility index (Phi) is 8.41. The molecule has 0 unspecified atom stereocenters. The van der Waals surface area contributed by atoms with Crippen LogP contribution in [-0.4, -0.2) is 76.5 Å². The van der Waals surface area contributed by atoms with Gasteiger partial charge in [-0.1, -0.05) is 18.2 Å². The molecule has 7 heteroatoms. The maximum Gasteiger partial charge on any atom is 0.253 e. The Morgan fingerprint density at radius 1 is 1.11 bits per heavy atom. The van der Waals surface area contributed by atoms with E-state index in [2.05, 4.69) is 40.5 Å². The molecule has 0 radical (unpaired) electrons. The zero-order chi connectivity index (χ0) is 24.7. The predicted octanol–water partition coefficient (Wildman–Crippen LogP) is 3.82. The second kappa shape index (κ2) is 12.1. The SMILES string of the molecule is COCCCN1CCOc2ccc(CO[C@H]3CNCC[C@@H]3c3ccc(C(=O)N4CCCC4)cc3)cc21. The van der Waals surface area contributed by atoms with Crippen LogP contribution in [0.3, 0.4) is 0 Å². The van der Waals surface area contributed by atoms with Crippen molar-refractivity contribution in [3.63, 3.8) is 0 Å². The highest BCUT2D eigenvalue weighted by Crippen LogP contribution is 2.34. The Bertz CT molecular complexity index is 1010. The molecule has 0 saturated carbocycles. The minimum absolute atomic E-state index is 0.0870. The second-order valence-corrected chi connectivity index (χ2v) is 10.1. The van der Waals surface area contributed by atoms with Crippen LogP contribution in [0.4, 0.5) is 5.69 Å². The molecule has 2 saturated heterocycles. The number of hydrogen-bond donors (Lipinski definition) is 1. The number of nitrogens with one attached hydrogen (secondary N) is 1. The number of anilines is 1. The molecule has 0 spiro atoms. The van der Waals surface area contributed by atoms with E-state index in [1.807, 2.05) is 17.0 Å². The van der Waals surface area contributed by atoms with E-state index in [1.54, 1.807) is 7.11 Å². The first kappa shape index (κ1) is 25.1. The van der Waals surface area contributed by atoms with E-state index in [0.717, 1.165) is 94.1 Å². The number of carbonyl (C=O) groups is 1. The van der Waals surface area contributed by atoms with Gasteiger partial charge in [0.2, 0.25) is 0 Å². The standard InChI is InChI=1S/C29H39N3O4/c1-34-17-4-15-31-16-18-35-27-10-5-22(19-26(27)31)21-36-28-20-30-12-11-25(28)23-6-8-24(9-7-23)29(33)32-13-2-3-14-32/h5-10,19,25,28,30H,2-4,11-18,20-21H2,1H3/t25-,28+/m1/s1. The number of nitrogens with zero attached hydrogens (tertiary/aromatic N) is 2. The smallest absolute Gasteiger partial charge is 0.253 e. The van der Waals surface area contributed by atoms with Gasteiger partial charge in [-0.25, -0.2) is 0 Å². The van der Waals surface area contributed by atoms with Crippen molar-refractivity contribution >= 4 is 11.6 Å². The third-order valence-electron chi connectivity index (χ3n) is 7.63. The summed E-state index contributed by atoms with van der Waals surface area (Å²) in [6.45, 7) is 7.46. The maximum atomic E-state index is 12.7. The number of hydrogen-bond acceptors (Lipinski definition) is 6. The average molecular weight is 494 g/mol. The third kappa shape index (κ3) is 5.85. The zero-order valence-electron chi connectivity index (χ0n) is 21.4. The summed E-state index contributed by atoms with van der Waals surface area (Å²) >= 11 is 0. The van der Waals surface area contributed by atoms with Gasteiger partial charge in [0, 0.05) is 51.4 Å². The fourth-order valence-electron chi connectivity index (χ4n) is 5.61. The summed E-state index contributed by atoms with van der Waals surface area (Å²) in [7, 11) is 1.75. The number of amides is 1. The van der Waals surface area contributed by atoms with Gasteiger partial charge in [0.1, 0.15) is 12.4 Å². The fourth-order valence-corrected chi connectivity index (χ4v) is 5.61. The van der Waals surface area contributed by atoms with Gasteiger partial charge in [-0.2, -0.15) is 0 Å². The lowest BCUT2D eigenvalue weighted by Crippen LogP contribution is -2.41. The van der Waals surface area contributed by atoms with E-state index < -0.39 is 0 Å². The number of methoxy groups -OCH3 is 1. The molecule has 194 valence electrons. The van der Waals surface area contributed by atoms with Crippen molar-refractivity contribution in [2.24, 2.45) is 0 Å². The highest BCUT2D eigenvalue weighted by Gasteiger charge is 2.28. The normalized spacial score (nSPS) is 21.8. The van der Waals surface area contributed by atoms with Crippen molar-refractivity contribution in [1.82, 2.24) is 10.2 Å². The lowest BCUT2D eigenvalue weighted by atomic mass is 9.87.